The van der Waals surface area contributed by atoms with Gasteiger partial charge in [0.15, 0.2) is 0 Å². The Morgan fingerprint density at radius 1 is 1.86 bits per heavy atom. The number of carbonyl (C=O) groups excluding carboxylic acids is 1. The van der Waals surface area contributed by atoms with Crippen LogP contribution in [0, 0.1) is 7.05 Å². The Bertz CT molecular complexity index is 72.1. The van der Waals surface area contributed by atoms with Gasteiger partial charge in [0.25, 0.3) is 0 Å². The van der Waals surface area contributed by atoms with Crippen molar-refractivity contribution in [3.8, 4) is 0 Å². The van der Waals surface area contributed by atoms with E-state index in [1.165, 1.54) is 0 Å². The molecule has 2 nitrogen and oxygen atoms in total. The topological polar surface area (TPSA) is 29.1 Å². The van der Waals surface area contributed by atoms with E-state index in [0.717, 1.165) is 6.08 Å². The van der Waals surface area contributed by atoms with Crippen molar-refractivity contribution in [1.82, 2.24) is 5.32 Å². The van der Waals surface area contributed by atoms with Crippen LogP contribution in [0.2, 0.25) is 0 Å². The molecule has 0 aliphatic rings. The van der Waals surface area contributed by atoms with Crippen LogP contribution in [-0.2, 0) is 37.5 Å². The monoisotopic (exact) mass is 173 g/mol. The summed E-state index contributed by atoms with van der Waals surface area (Å²) in [5, 5.41) is 2.11. The molecule has 0 aromatic heterocycles. The van der Waals surface area contributed by atoms with Crippen molar-refractivity contribution in [2.24, 2.45) is 0 Å². The molecule has 0 saturated heterocycles. The van der Waals surface area contributed by atoms with Gasteiger partial charge in [-0.05, 0) is 6.08 Å². The van der Waals surface area contributed by atoms with E-state index < -0.39 is 0 Å². The summed E-state index contributed by atoms with van der Waals surface area (Å²) < 4.78 is 0. The van der Waals surface area contributed by atoms with Crippen LogP contribution in [0.4, 0.5) is 0 Å². The van der Waals surface area contributed by atoms with Gasteiger partial charge in [-0.15, -0.1) is 0 Å². The van der Waals surface area contributed by atoms with Crippen molar-refractivity contribution < 1.29 is 37.5 Å². The molecular weight excluding hydrogens is 167 g/mol. The van der Waals surface area contributed by atoms with Crippen LogP contribution in [-0.4, -0.2) is 5.91 Å². The number of amides is 1. The third-order valence-corrected chi connectivity index (χ3v) is 0.360. The molecular formula is C4H6NOY-. The van der Waals surface area contributed by atoms with Gasteiger partial charge in [-0.2, -0.15) is 0 Å². The molecule has 1 amide bonds. The Morgan fingerprint density at radius 3 is 2.29 bits per heavy atom. The average Bonchev–Trinajstić information content (AvgIpc) is 1.65. The summed E-state index contributed by atoms with van der Waals surface area (Å²) in [5.41, 5.74) is 0. The van der Waals surface area contributed by atoms with Gasteiger partial charge >= 0.3 is 0 Å². The van der Waals surface area contributed by atoms with Crippen molar-refractivity contribution in [2.45, 2.75) is 0 Å². The first-order chi connectivity index (χ1) is 2.81. The van der Waals surface area contributed by atoms with Crippen LogP contribution >= 0.6 is 0 Å². The second kappa shape index (κ2) is 6.31. The fourth-order valence-corrected chi connectivity index (χ4v) is 0.0722. The standard InChI is InChI=1S/C4H6NO.Y/c1-3-4(6)5-2;/h3H,1-2H2,(H,5,6);/q-1;. The molecule has 0 spiro atoms. The molecule has 0 unspecified atom stereocenters. The predicted molar refractivity (Wildman–Crippen MR) is 23.7 cm³/mol. The Labute approximate surface area is 68.2 Å². The summed E-state index contributed by atoms with van der Waals surface area (Å²) >= 11 is 0. The smallest absolute Gasteiger partial charge is 0.214 e. The summed E-state index contributed by atoms with van der Waals surface area (Å²) in [5.74, 6) is -0.255. The molecule has 37 valence electrons. The van der Waals surface area contributed by atoms with Gasteiger partial charge in [0, 0.05) is 32.7 Å². The van der Waals surface area contributed by atoms with Gasteiger partial charge in [-0.25, -0.2) is 0 Å². The van der Waals surface area contributed by atoms with Crippen molar-refractivity contribution in [1.29, 1.82) is 0 Å². The SMILES string of the molecule is C=CC(=O)N[CH2-].[Y]. The molecule has 0 atom stereocenters. The van der Waals surface area contributed by atoms with Gasteiger partial charge in [0.2, 0.25) is 5.91 Å². The Kier molecular flexibility index (Phi) is 9.31. The van der Waals surface area contributed by atoms with E-state index in [4.69, 9.17) is 0 Å². The van der Waals surface area contributed by atoms with Crippen molar-refractivity contribution >= 4 is 5.91 Å². The first-order valence-corrected chi connectivity index (χ1v) is 1.50. The zero-order valence-electron chi connectivity index (χ0n) is 3.98. The molecule has 0 heterocycles. The molecule has 0 aromatic carbocycles. The summed E-state index contributed by atoms with van der Waals surface area (Å²) in [4.78, 5) is 9.89. The van der Waals surface area contributed by atoms with Gasteiger partial charge in [0.05, 0.1) is 0 Å². The van der Waals surface area contributed by atoms with Crippen LogP contribution in [0.3, 0.4) is 0 Å². The minimum atomic E-state index is -0.255. The van der Waals surface area contributed by atoms with E-state index in [1.54, 1.807) is 0 Å². The van der Waals surface area contributed by atoms with Gasteiger partial charge in [-0.3, -0.25) is 11.8 Å². The predicted octanol–water partition coefficient (Wildman–Crippen LogP) is 0.0777. The fourth-order valence-electron chi connectivity index (χ4n) is 0.0722. The van der Waals surface area contributed by atoms with Crippen LogP contribution in [0.1, 0.15) is 0 Å². The third kappa shape index (κ3) is 6.31. The summed E-state index contributed by atoms with van der Waals surface area (Å²) in [7, 11) is 3.09. The quantitative estimate of drug-likeness (QED) is 0.441. The van der Waals surface area contributed by atoms with Gasteiger partial charge in [0.1, 0.15) is 0 Å². The van der Waals surface area contributed by atoms with Crippen molar-refractivity contribution in [3.05, 3.63) is 19.7 Å². The number of rotatable bonds is 1. The summed E-state index contributed by atoms with van der Waals surface area (Å²) in [6.45, 7) is 3.18. The van der Waals surface area contributed by atoms with Crippen LogP contribution in [0.15, 0.2) is 12.7 Å². The van der Waals surface area contributed by atoms with E-state index in [0.29, 0.717) is 0 Å². The van der Waals surface area contributed by atoms with E-state index in [2.05, 4.69) is 18.9 Å². The third-order valence-electron chi connectivity index (χ3n) is 0.360. The minimum Gasteiger partial charge on any atom is -0.505 e. The molecule has 3 heteroatoms. The number of hydrogen-bond donors (Lipinski definition) is 1. The van der Waals surface area contributed by atoms with Crippen LogP contribution in [0.25, 0.3) is 0 Å². The van der Waals surface area contributed by atoms with E-state index in [9.17, 15) is 4.79 Å². The maximum Gasteiger partial charge on any atom is 0.214 e. The largest absolute Gasteiger partial charge is 0.505 e. The van der Waals surface area contributed by atoms with Crippen molar-refractivity contribution in [2.75, 3.05) is 0 Å². The molecule has 0 bridgehead atoms. The van der Waals surface area contributed by atoms with E-state index >= 15 is 0 Å². The Balaban J connectivity index is 0. The van der Waals surface area contributed by atoms with E-state index in [-0.39, 0.29) is 38.6 Å². The van der Waals surface area contributed by atoms with E-state index in [1.807, 2.05) is 0 Å². The molecule has 1 radical (unpaired) electrons. The maximum atomic E-state index is 9.89. The molecule has 0 fully saturated rings. The minimum absolute atomic E-state index is 0. The molecule has 0 aliphatic heterocycles. The second-order valence-electron chi connectivity index (χ2n) is 0.745. The number of carbonyl (C=O) groups is 1. The first-order valence-electron chi connectivity index (χ1n) is 1.50. The maximum absolute atomic E-state index is 9.89. The molecule has 0 aromatic rings. The molecule has 1 N–H and O–H groups in total. The Hall–Kier alpha value is 0.314. The van der Waals surface area contributed by atoms with Crippen LogP contribution in [0.5, 0.6) is 0 Å². The summed E-state index contributed by atoms with van der Waals surface area (Å²) in [6.07, 6.45) is 1.16. The Morgan fingerprint density at radius 2 is 2.29 bits per heavy atom. The van der Waals surface area contributed by atoms with Gasteiger partial charge in [-0.1, -0.05) is 6.58 Å². The second-order valence-corrected chi connectivity index (χ2v) is 0.745. The molecule has 7 heavy (non-hydrogen) atoms. The molecule has 0 rings (SSSR count). The number of nitrogens with one attached hydrogen (secondary N) is 1. The van der Waals surface area contributed by atoms with Crippen molar-refractivity contribution in [3.63, 3.8) is 0 Å². The van der Waals surface area contributed by atoms with Crippen LogP contribution < -0.4 is 5.32 Å². The molecule has 0 aliphatic carbocycles. The van der Waals surface area contributed by atoms with Gasteiger partial charge < -0.3 is 5.32 Å². The molecule has 0 saturated carbocycles. The first kappa shape index (κ1) is 10.3. The number of hydrogen-bond acceptors (Lipinski definition) is 1. The fraction of sp³-hybridized carbons (Fsp3) is 0. The zero-order valence-corrected chi connectivity index (χ0v) is 6.82. The summed E-state index contributed by atoms with van der Waals surface area (Å²) in [6, 6.07) is 0. The zero-order chi connectivity index (χ0) is 4.99. The average molecular weight is 173 g/mol. The normalized spacial score (nSPS) is 5.86.